The predicted molar refractivity (Wildman–Crippen MR) is 61.0 cm³/mol. The first kappa shape index (κ1) is 12.1. The van der Waals surface area contributed by atoms with E-state index < -0.39 is 6.04 Å². The van der Waals surface area contributed by atoms with E-state index >= 15 is 0 Å². The van der Waals surface area contributed by atoms with E-state index in [1.54, 1.807) is 0 Å². The summed E-state index contributed by atoms with van der Waals surface area (Å²) in [5.41, 5.74) is 5.96. The summed E-state index contributed by atoms with van der Waals surface area (Å²) in [5.74, 6) is 2.29. The molecule has 1 amide bonds. The van der Waals surface area contributed by atoms with Crippen molar-refractivity contribution in [3.05, 3.63) is 0 Å². The molecule has 0 aromatic rings. The molecule has 1 fully saturated rings. The molecule has 3 nitrogen and oxygen atoms in total. The first-order valence-electron chi connectivity index (χ1n) is 5.44. The van der Waals surface area contributed by atoms with Gasteiger partial charge in [-0.3, -0.25) is 4.79 Å². The van der Waals surface area contributed by atoms with Gasteiger partial charge in [0.1, 0.15) is 0 Å². The maximum Gasteiger partial charge on any atom is 0.238 e. The molecule has 3 heteroatoms. The molecule has 0 aromatic heterocycles. The van der Waals surface area contributed by atoms with Crippen LogP contribution in [0.5, 0.6) is 0 Å². The average molecular weight is 208 g/mol. The molecular formula is C12H20N2O. The number of hydrogen-bond acceptors (Lipinski definition) is 2. The Kier molecular flexibility index (Phi) is 3.76. The van der Waals surface area contributed by atoms with Crippen LogP contribution in [0.4, 0.5) is 0 Å². The van der Waals surface area contributed by atoms with Crippen molar-refractivity contribution >= 4 is 5.91 Å². The summed E-state index contributed by atoms with van der Waals surface area (Å²) in [6.45, 7) is 4.45. The van der Waals surface area contributed by atoms with Crippen molar-refractivity contribution in [2.75, 3.05) is 0 Å². The van der Waals surface area contributed by atoms with Gasteiger partial charge in [-0.05, 0) is 24.7 Å². The molecule has 1 saturated carbocycles. The molecule has 0 saturated heterocycles. The highest BCUT2D eigenvalue weighted by atomic mass is 16.2. The molecular weight excluding hydrogens is 188 g/mol. The topological polar surface area (TPSA) is 55.1 Å². The third-order valence-electron chi connectivity index (χ3n) is 2.99. The number of hydrogen-bond donors (Lipinski definition) is 2. The molecule has 84 valence electrons. The van der Waals surface area contributed by atoms with Gasteiger partial charge in [-0.25, -0.2) is 0 Å². The molecule has 1 rings (SSSR count). The van der Waals surface area contributed by atoms with Crippen LogP contribution in [0.3, 0.4) is 0 Å². The van der Waals surface area contributed by atoms with Crippen LogP contribution in [0.15, 0.2) is 0 Å². The monoisotopic (exact) mass is 208 g/mol. The lowest BCUT2D eigenvalue weighted by Crippen LogP contribution is -2.44. The lowest BCUT2D eigenvalue weighted by atomic mass is 9.92. The van der Waals surface area contributed by atoms with Crippen molar-refractivity contribution in [1.29, 1.82) is 0 Å². The van der Waals surface area contributed by atoms with Crippen LogP contribution in [0.25, 0.3) is 0 Å². The SMILES string of the molecule is C#CCC(N)C(=O)NC1CCC(C)(C)C1. The molecule has 0 spiro atoms. The van der Waals surface area contributed by atoms with Gasteiger partial charge in [-0.1, -0.05) is 13.8 Å². The van der Waals surface area contributed by atoms with Gasteiger partial charge in [-0.15, -0.1) is 12.3 Å². The largest absolute Gasteiger partial charge is 0.352 e. The molecule has 0 bridgehead atoms. The molecule has 0 heterocycles. The zero-order valence-corrected chi connectivity index (χ0v) is 9.55. The highest BCUT2D eigenvalue weighted by Gasteiger charge is 2.32. The van der Waals surface area contributed by atoms with E-state index in [0.29, 0.717) is 11.8 Å². The van der Waals surface area contributed by atoms with E-state index in [1.807, 2.05) is 0 Å². The first-order valence-corrected chi connectivity index (χ1v) is 5.44. The number of carbonyl (C=O) groups is 1. The Morgan fingerprint density at radius 3 is 2.87 bits per heavy atom. The Morgan fingerprint density at radius 2 is 2.40 bits per heavy atom. The fourth-order valence-corrected chi connectivity index (χ4v) is 2.09. The number of amides is 1. The van der Waals surface area contributed by atoms with Crippen LogP contribution in [0, 0.1) is 17.8 Å². The maximum atomic E-state index is 11.6. The van der Waals surface area contributed by atoms with Crippen LogP contribution in [0.2, 0.25) is 0 Å². The third-order valence-corrected chi connectivity index (χ3v) is 2.99. The number of rotatable bonds is 3. The highest BCUT2D eigenvalue weighted by molar-refractivity contribution is 5.82. The summed E-state index contributed by atoms with van der Waals surface area (Å²) >= 11 is 0. The summed E-state index contributed by atoms with van der Waals surface area (Å²) in [6, 6.07) is -0.282. The molecule has 0 aliphatic heterocycles. The summed E-state index contributed by atoms with van der Waals surface area (Å²) in [5, 5.41) is 2.96. The van der Waals surface area contributed by atoms with Crippen LogP contribution in [-0.2, 0) is 4.79 Å². The maximum absolute atomic E-state index is 11.6. The summed E-state index contributed by atoms with van der Waals surface area (Å²) in [4.78, 5) is 11.6. The smallest absolute Gasteiger partial charge is 0.238 e. The minimum absolute atomic E-state index is 0.115. The average Bonchev–Trinajstić information content (AvgIpc) is 2.46. The second-order valence-electron chi connectivity index (χ2n) is 5.13. The Morgan fingerprint density at radius 1 is 1.73 bits per heavy atom. The van der Waals surface area contributed by atoms with Crippen molar-refractivity contribution in [3.63, 3.8) is 0 Å². The minimum Gasteiger partial charge on any atom is -0.352 e. The van der Waals surface area contributed by atoms with E-state index in [-0.39, 0.29) is 11.9 Å². The third kappa shape index (κ3) is 3.56. The fourth-order valence-electron chi connectivity index (χ4n) is 2.09. The van der Waals surface area contributed by atoms with Gasteiger partial charge in [0, 0.05) is 12.5 Å². The van der Waals surface area contributed by atoms with Crippen molar-refractivity contribution < 1.29 is 4.79 Å². The van der Waals surface area contributed by atoms with E-state index in [9.17, 15) is 4.79 Å². The quantitative estimate of drug-likeness (QED) is 0.681. The molecule has 1 aliphatic rings. The molecule has 3 N–H and O–H groups in total. The van der Waals surface area contributed by atoms with Crippen molar-refractivity contribution in [1.82, 2.24) is 5.32 Å². The summed E-state index contributed by atoms with van der Waals surface area (Å²) < 4.78 is 0. The number of nitrogens with two attached hydrogens (primary N) is 1. The molecule has 0 aromatic carbocycles. The first-order chi connectivity index (χ1) is 6.94. The molecule has 1 aliphatic carbocycles. The Balaban J connectivity index is 2.37. The van der Waals surface area contributed by atoms with Gasteiger partial charge in [0.2, 0.25) is 5.91 Å². The Labute approximate surface area is 91.8 Å². The number of nitrogens with one attached hydrogen (secondary N) is 1. The van der Waals surface area contributed by atoms with Crippen LogP contribution >= 0.6 is 0 Å². The van der Waals surface area contributed by atoms with Crippen molar-refractivity contribution in [2.24, 2.45) is 11.1 Å². The number of terminal acetylenes is 1. The molecule has 0 radical (unpaired) electrons. The molecule has 2 unspecified atom stereocenters. The number of carbonyl (C=O) groups excluding carboxylic acids is 1. The van der Waals surface area contributed by atoms with E-state index in [4.69, 9.17) is 12.2 Å². The lowest BCUT2D eigenvalue weighted by Gasteiger charge is -2.19. The molecule has 15 heavy (non-hydrogen) atoms. The molecule has 2 atom stereocenters. The predicted octanol–water partition coefficient (Wildman–Crippen LogP) is 1.03. The normalized spacial score (nSPS) is 25.6. The van der Waals surface area contributed by atoms with E-state index in [1.165, 1.54) is 0 Å². The van der Waals surface area contributed by atoms with Gasteiger partial charge in [0.25, 0.3) is 0 Å². The Hall–Kier alpha value is -1.01. The fraction of sp³-hybridized carbons (Fsp3) is 0.750. The van der Waals surface area contributed by atoms with Gasteiger partial charge in [0.05, 0.1) is 6.04 Å². The van der Waals surface area contributed by atoms with Crippen LogP contribution in [-0.4, -0.2) is 18.0 Å². The zero-order valence-electron chi connectivity index (χ0n) is 9.55. The van der Waals surface area contributed by atoms with Crippen LogP contribution in [0.1, 0.15) is 39.5 Å². The van der Waals surface area contributed by atoms with Crippen LogP contribution < -0.4 is 11.1 Å². The Bertz CT molecular complexity index is 278. The van der Waals surface area contributed by atoms with Crippen molar-refractivity contribution in [2.45, 2.75) is 51.6 Å². The summed E-state index contributed by atoms with van der Waals surface area (Å²) in [6.07, 6.45) is 8.64. The minimum atomic E-state index is -0.557. The zero-order chi connectivity index (χ0) is 11.5. The summed E-state index contributed by atoms with van der Waals surface area (Å²) in [7, 11) is 0. The second-order valence-corrected chi connectivity index (χ2v) is 5.13. The standard InChI is InChI=1S/C12H20N2O/c1-4-5-10(13)11(15)14-9-6-7-12(2,3)8-9/h1,9-10H,5-8,13H2,2-3H3,(H,14,15). The van der Waals surface area contributed by atoms with E-state index in [0.717, 1.165) is 19.3 Å². The lowest BCUT2D eigenvalue weighted by molar-refractivity contribution is -0.122. The highest BCUT2D eigenvalue weighted by Crippen LogP contribution is 2.36. The van der Waals surface area contributed by atoms with Crippen molar-refractivity contribution in [3.8, 4) is 12.3 Å². The van der Waals surface area contributed by atoms with Gasteiger partial charge in [-0.2, -0.15) is 0 Å². The van der Waals surface area contributed by atoms with E-state index in [2.05, 4.69) is 25.1 Å². The van der Waals surface area contributed by atoms with Gasteiger partial charge < -0.3 is 11.1 Å². The second kappa shape index (κ2) is 4.67. The van der Waals surface area contributed by atoms with Gasteiger partial charge in [0.15, 0.2) is 0 Å². The van der Waals surface area contributed by atoms with Gasteiger partial charge >= 0.3 is 0 Å².